The summed E-state index contributed by atoms with van der Waals surface area (Å²) in [4.78, 5) is 37.9. The van der Waals surface area contributed by atoms with Gasteiger partial charge in [0, 0.05) is 38.1 Å². The number of hydrogen-bond acceptors (Lipinski definition) is 6. The largest absolute Gasteiger partial charge is 0.369 e. The Labute approximate surface area is 180 Å². The fourth-order valence-electron chi connectivity index (χ4n) is 3.35. The van der Waals surface area contributed by atoms with E-state index in [1.165, 1.54) is 11.8 Å². The number of fused-ring (bicyclic) bond motifs is 1. The topological polar surface area (TPSA) is 108 Å². The molecule has 2 radical (unpaired) electrons. The Bertz CT molecular complexity index is 1280. The van der Waals surface area contributed by atoms with Gasteiger partial charge in [-0.05, 0) is 24.3 Å². The molecule has 0 saturated carbocycles. The molecular formula is C22H18BN5O3. The van der Waals surface area contributed by atoms with E-state index in [2.05, 4.69) is 32.1 Å². The normalized spacial score (nSPS) is 18.0. The predicted molar refractivity (Wildman–Crippen MR) is 117 cm³/mol. The lowest BCUT2D eigenvalue weighted by Gasteiger charge is -2.13. The third-order valence-corrected chi connectivity index (χ3v) is 4.94. The SMILES string of the molecule is [B]c1nc(NC(C)=O)c2nc(-c3cccc(C#C[C@]4(O)CCN(C)C4=O)c3)ccc2n1. The molecule has 0 aliphatic carbocycles. The van der Waals surface area contributed by atoms with Crippen LogP contribution in [0.15, 0.2) is 36.4 Å². The van der Waals surface area contributed by atoms with Crippen LogP contribution in [-0.4, -0.2) is 63.8 Å². The van der Waals surface area contributed by atoms with Crippen molar-refractivity contribution >= 4 is 42.2 Å². The Kier molecular flexibility index (Phi) is 5.17. The molecule has 9 heteroatoms. The molecule has 2 aromatic heterocycles. The van der Waals surface area contributed by atoms with Crippen LogP contribution in [0.2, 0.25) is 0 Å². The maximum atomic E-state index is 12.1. The number of carbonyl (C=O) groups excluding carboxylic acids is 2. The van der Waals surface area contributed by atoms with E-state index in [0.29, 0.717) is 28.8 Å². The number of hydrogen-bond donors (Lipinski definition) is 2. The van der Waals surface area contributed by atoms with Crippen LogP contribution in [0.5, 0.6) is 0 Å². The van der Waals surface area contributed by atoms with E-state index in [4.69, 9.17) is 7.85 Å². The number of nitrogens with one attached hydrogen (secondary N) is 1. The number of benzene rings is 1. The summed E-state index contributed by atoms with van der Waals surface area (Å²) in [5.41, 5.74) is 1.30. The summed E-state index contributed by atoms with van der Waals surface area (Å²) in [6.07, 6.45) is 0.274. The monoisotopic (exact) mass is 411 g/mol. The zero-order valence-electron chi connectivity index (χ0n) is 17.0. The van der Waals surface area contributed by atoms with Crippen molar-refractivity contribution in [3.63, 3.8) is 0 Å². The molecule has 0 unspecified atom stereocenters. The van der Waals surface area contributed by atoms with E-state index < -0.39 is 11.5 Å². The minimum Gasteiger partial charge on any atom is -0.369 e. The second-order valence-electron chi connectivity index (χ2n) is 7.34. The minimum atomic E-state index is -1.66. The summed E-state index contributed by atoms with van der Waals surface area (Å²) >= 11 is 0. The summed E-state index contributed by atoms with van der Waals surface area (Å²) in [7, 11) is 7.36. The number of rotatable bonds is 2. The third-order valence-electron chi connectivity index (χ3n) is 4.94. The van der Waals surface area contributed by atoms with Gasteiger partial charge in [-0.1, -0.05) is 24.0 Å². The van der Waals surface area contributed by atoms with Crippen molar-refractivity contribution in [1.82, 2.24) is 19.9 Å². The molecule has 1 saturated heterocycles. The summed E-state index contributed by atoms with van der Waals surface area (Å²) in [5.74, 6) is 5.16. The molecule has 1 atom stereocenters. The van der Waals surface area contributed by atoms with Gasteiger partial charge < -0.3 is 15.3 Å². The van der Waals surface area contributed by atoms with Gasteiger partial charge in [0.2, 0.25) is 11.5 Å². The third kappa shape index (κ3) is 4.11. The standard InChI is InChI=1S/C22H18BN5O3/c1-13(29)24-19-18-17(26-21(23)27-19)7-6-16(25-18)15-5-3-4-14(12-15)8-9-22(31)10-11-28(2)20(22)30/h3-7,12,31H,10-11H2,1-2H3,(H,24,26,27,29)/t22-/m0/s1. The molecule has 1 aromatic carbocycles. The molecule has 8 nitrogen and oxygen atoms in total. The molecule has 1 aliphatic rings. The molecule has 31 heavy (non-hydrogen) atoms. The number of amides is 2. The lowest BCUT2D eigenvalue weighted by atomic mass is 10.0. The molecule has 1 fully saturated rings. The molecule has 2 N–H and O–H groups in total. The van der Waals surface area contributed by atoms with Gasteiger partial charge in [-0.2, -0.15) is 0 Å². The smallest absolute Gasteiger partial charge is 0.267 e. The Morgan fingerprint density at radius 2 is 2.06 bits per heavy atom. The van der Waals surface area contributed by atoms with Gasteiger partial charge in [-0.3, -0.25) is 9.59 Å². The highest BCUT2D eigenvalue weighted by Crippen LogP contribution is 2.24. The first-order chi connectivity index (χ1) is 14.7. The number of nitrogens with zero attached hydrogens (tertiary/aromatic N) is 4. The van der Waals surface area contributed by atoms with Crippen molar-refractivity contribution in [2.75, 3.05) is 18.9 Å². The van der Waals surface area contributed by atoms with Crippen molar-refractivity contribution in [3.05, 3.63) is 42.0 Å². The number of anilines is 1. The predicted octanol–water partition coefficient (Wildman–Crippen LogP) is 0.389. The average molecular weight is 411 g/mol. The summed E-state index contributed by atoms with van der Waals surface area (Å²) in [6.45, 7) is 1.84. The highest BCUT2D eigenvalue weighted by molar-refractivity contribution is 6.29. The van der Waals surface area contributed by atoms with E-state index in [1.807, 2.05) is 18.2 Å². The van der Waals surface area contributed by atoms with Crippen LogP contribution < -0.4 is 11.0 Å². The molecular weight excluding hydrogens is 393 g/mol. The fourth-order valence-corrected chi connectivity index (χ4v) is 3.35. The summed E-state index contributed by atoms with van der Waals surface area (Å²) in [6, 6.07) is 10.8. The lowest BCUT2D eigenvalue weighted by Crippen LogP contribution is -2.37. The van der Waals surface area contributed by atoms with Crippen LogP contribution in [0.1, 0.15) is 18.9 Å². The zero-order chi connectivity index (χ0) is 22.2. The number of likely N-dealkylation sites (tertiary alicyclic amines) is 1. The molecule has 3 heterocycles. The Morgan fingerprint density at radius 3 is 2.77 bits per heavy atom. The van der Waals surface area contributed by atoms with Crippen LogP contribution >= 0.6 is 0 Å². The van der Waals surface area contributed by atoms with E-state index in [-0.39, 0.29) is 23.9 Å². The average Bonchev–Trinajstić information content (AvgIpc) is 3.00. The Hall–Kier alpha value is -3.77. The van der Waals surface area contributed by atoms with Crippen LogP contribution in [0.3, 0.4) is 0 Å². The van der Waals surface area contributed by atoms with Crippen molar-refractivity contribution in [2.24, 2.45) is 0 Å². The molecule has 3 aromatic rings. The quantitative estimate of drug-likeness (QED) is 0.467. The second-order valence-corrected chi connectivity index (χ2v) is 7.34. The number of aromatic nitrogens is 3. The van der Waals surface area contributed by atoms with Crippen LogP contribution in [0, 0.1) is 11.8 Å². The molecule has 2 amide bonds. The first kappa shape index (κ1) is 20.5. The lowest BCUT2D eigenvalue weighted by molar-refractivity contribution is -0.137. The van der Waals surface area contributed by atoms with Crippen LogP contribution in [-0.2, 0) is 9.59 Å². The zero-order valence-corrected chi connectivity index (χ0v) is 17.0. The summed E-state index contributed by atoms with van der Waals surface area (Å²) in [5, 5.41) is 13.1. The van der Waals surface area contributed by atoms with Gasteiger partial charge in [-0.15, -0.1) is 0 Å². The Balaban J connectivity index is 1.71. The summed E-state index contributed by atoms with van der Waals surface area (Å²) < 4.78 is 0. The first-order valence-corrected chi connectivity index (χ1v) is 9.58. The van der Waals surface area contributed by atoms with Crippen LogP contribution in [0.25, 0.3) is 22.3 Å². The number of pyridine rings is 1. The highest BCUT2D eigenvalue weighted by atomic mass is 16.3. The fraction of sp³-hybridized carbons (Fsp3) is 0.227. The van der Waals surface area contributed by atoms with E-state index >= 15 is 0 Å². The molecule has 1 aliphatic heterocycles. The van der Waals surface area contributed by atoms with Gasteiger partial charge in [0.05, 0.1) is 16.9 Å². The number of aliphatic hydroxyl groups is 1. The van der Waals surface area contributed by atoms with Gasteiger partial charge in [0.1, 0.15) is 5.52 Å². The Morgan fingerprint density at radius 1 is 1.26 bits per heavy atom. The molecule has 152 valence electrons. The molecule has 4 rings (SSSR count). The first-order valence-electron chi connectivity index (χ1n) is 9.58. The van der Waals surface area contributed by atoms with E-state index in [0.717, 1.165) is 5.56 Å². The second kappa shape index (κ2) is 7.82. The van der Waals surface area contributed by atoms with Gasteiger partial charge in [-0.25, -0.2) is 15.0 Å². The number of carbonyl (C=O) groups is 2. The van der Waals surface area contributed by atoms with E-state index in [9.17, 15) is 14.7 Å². The maximum absolute atomic E-state index is 12.1. The van der Waals surface area contributed by atoms with E-state index in [1.54, 1.807) is 25.2 Å². The van der Waals surface area contributed by atoms with Gasteiger partial charge in [0.25, 0.3) is 5.91 Å². The molecule has 0 spiro atoms. The van der Waals surface area contributed by atoms with Crippen molar-refractivity contribution in [1.29, 1.82) is 0 Å². The van der Waals surface area contributed by atoms with Crippen molar-refractivity contribution in [3.8, 4) is 23.1 Å². The van der Waals surface area contributed by atoms with Crippen molar-refractivity contribution < 1.29 is 14.7 Å². The maximum Gasteiger partial charge on any atom is 0.267 e. The van der Waals surface area contributed by atoms with Crippen molar-refractivity contribution in [2.45, 2.75) is 18.9 Å². The van der Waals surface area contributed by atoms with Gasteiger partial charge in [0.15, 0.2) is 13.7 Å². The number of likely N-dealkylation sites (N-methyl/N-ethyl adjacent to an activating group) is 1. The van der Waals surface area contributed by atoms with Gasteiger partial charge >= 0.3 is 0 Å². The highest BCUT2D eigenvalue weighted by Gasteiger charge is 2.42. The molecule has 0 bridgehead atoms. The van der Waals surface area contributed by atoms with Crippen LogP contribution in [0.4, 0.5) is 5.82 Å². The minimum absolute atomic E-state index is 0.0353.